The Morgan fingerprint density at radius 2 is 0.897 bits per heavy atom. The van der Waals surface area contributed by atoms with Gasteiger partial charge in [-0.3, -0.25) is 9.59 Å². The molecule has 6 nitrogen and oxygen atoms in total. The zero-order chi connectivity index (χ0) is 42.3. The van der Waals surface area contributed by atoms with E-state index in [1.165, 1.54) is 116 Å². The number of hydrogen-bond donors (Lipinski definition) is 3. The van der Waals surface area contributed by atoms with Gasteiger partial charge in [-0.2, -0.15) is 0 Å². The van der Waals surface area contributed by atoms with Gasteiger partial charge in [0, 0.05) is 12.8 Å². The molecule has 0 radical (unpaired) electrons. The number of aliphatic hydroxyl groups is 2. The zero-order valence-corrected chi connectivity index (χ0v) is 38.3. The number of amides is 1. The van der Waals surface area contributed by atoms with Crippen molar-refractivity contribution in [3.63, 3.8) is 0 Å². The van der Waals surface area contributed by atoms with Gasteiger partial charge in [0.05, 0.1) is 25.4 Å². The predicted molar refractivity (Wildman–Crippen MR) is 250 cm³/mol. The molecule has 2 atom stereocenters. The second-order valence-electron chi connectivity index (χ2n) is 16.8. The first-order valence-electron chi connectivity index (χ1n) is 24.9. The van der Waals surface area contributed by atoms with Crippen molar-refractivity contribution in [3.05, 3.63) is 48.6 Å². The number of unbranched alkanes of at least 4 members (excludes halogenated alkanes) is 28. The van der Waals surface area contributed by atoms with Crippen LogP contribution in [0.1, 0.15) is 245 Å². The highest BCUT2D eigenvalue weighted by Crippen LogP contribution is 2.15. The van der Waals surface area contributed by atoms with E-state index in [2.05, 4.69) is 55.6 Å². The number of nitrogens with one attached hydrogen (secondary N) is 1. The fourth-order valence-corrected chi connectivity index (χ4v) is 7.19. The Kier molecular flexibility index (Phi) is 45.7. The molecule has 0 aromatic rings. The predicted octanol–water partition coefficient (Wildman–Crippen LogP) is 14.7. The van der Waals surface area contributed by atoms with Gasteiger partial charge in [0.25, 0.3) is 0 Å². The van der Waals surface area contributed by atoms with E-state index in [1.54, 1.807) is 6.08 Å². The standard InChI is InChI=1S/C52H95NO5/c1-3-5-7-9-11-13-15-17-18-19-21-24-28-32-36-40-44-50(55)49(48-54)53-51(56)45-41-37-33-29-25-22-23-27-31-35-39-43-47-58-52(57)46-42-38-34-30-26-20-16-14-12-10-8-6-4-2/h8,10,14,16,23,27,40,44,49-50,54-55H,3-7,9,11-13,15,17-22,24-26,28-39,41-43,45-48H2,1-2H3,(H,53,56)/b10-8-,16-14-,27-23-,44-40+. The van der Waals surface area contributed by atoms with Crippen LogP contribution in [0.5, 0.6) is 0 Å². The molecule has 0 fully saturated rings. The Morgan fingerprint density at radius 1 is 0.483 bits per heavy atom. The maximum Gasteiger partial charge on any atom is 0.305 e. The van der Waals surface area contributed by atoms with Gasteiger partial charge in [0.2, 0.25) is 5.91 Å². The molecular formula is C52H95NO5. The maximum atomic E-state index is 12.4. The smallest absolute Gasteiger partial charge is 0.305 e. The van der Waals surface area contributed by atoms with E-state index >= 15 is 0 Å². The number of rotatable bonds is 45. The molecule has 0 aliphatic heterocycles. The first-order valence-corrected chi connectivity index (χ1v) is 24.9. The monoisotopic (exact) mass is 814 g/mol. The highest BCUT2D eigenvalue weighted by Gasteiger charge is 2.18. The van der Waals surface area contributed by atoms with Crippen LogP contribution in [0.15, 0.2) is 48.6 Å². The lowest BCUT2D eigenvalue weighted by atomic mass is 10.0. The van der Waals surface area contributed by atoms with E-state index in [0.29, 0.717) is 19.4 Å². The molecule has 0 saturated heterocycles. The third kappa shape index (κ3) is 43.4. The molecule has 3 N–H and O–H groups in total. The maximum absolute atomic E-state index is 12.4. The van der Waals surface area contributed by atoms with Gasteiger partial charge in [0.15, 0.2) is 0 Å². The van der Waals surface area contributed by atoms with Crippen LogP contribution >= 0.6 is 0 Å². The van der Waals surface area contributed by atoms with E-state index in [4.69, 9.17) is 4.74 Å². The quantitative estimate of drug-likeness (QED) is 0.0323. The molecular weight excluding hydrogens is 719 g/mol. The fourth-order valence-electron chi connectivity index (χ4n) is 7.19. The van der Waals surface area contributed by atoms with Crippen LogP contribution in [0.2, 0.25) is 0 Å². The molecule has 0 saturated carbocycles. The number of hydrogen-bond acceptors (Lipinski definition) is 5. The number of allylic oxidation sites excluding steroid dienone is 7. The molecule has 0 heterocycles. The van der Waals surface area contributed by atoms with Crippen molar-refractivity contribution in [2.45, 2.75) is 257 Å². The number of carbonyl (C=O) groups is 2. The second-order valence-corrected chi connectivity index (χ2v) is 16.8. The molecule has 6 heteroatoms. The van der Waals surface area contributed by atoms with Crippen LogP contribution in [0, 0.1) is 0 Å². The Hall–Kier alpha value is -2.18. The minimum atomic E-state index is -0.862. The summed E-state index contributed by atoms with van der Waals surface area (Å²) in [5, 5.41) is 23.0. The largest absolute Gasteiger partial charge is 0.466 e. The number of carbonyl (C=O) groups excluding carboxylic acids is 2. The fraction of sp³-hybridized carbons (Fsp3) is 0.808. The lowest BCUT2D eigenvalue weighted by Crippen LogP contribution is -2.45. The van der Waals surface area contributed by atoms with E-state index in [1.807, 2.05) is 6.08 Å². The molecule has 0 bridgehead atoms. The van der Waals surface area contributed by atoms with Crippen LogP contribution < -0.4 is 5.32 Å². The summed E-state index contributed by atoms with van der Waals surface area (Å²) in [4.78, 5) is 24.4. The Morgan fingerprint density at radius 3 is 1.40 bits per heavy atom. The van der Waals surface area contributed by atoms with Crippen molar-refractivity contribution < 1.29 is 24.5 Å². The summed E-state index contributed by atoms with van der Waals surface area (Å²) in [5.74, 6) is -0.136. The summed E-state index contributed by atoms with van der Waals surface area (Å²) >= 11 is 0. The van der Waals surface area contributed by atoms with E-state index in [9.17, 15) is 19.8 Å². The van der Waals surface area contributed by atoms with Gasteiger partial charge in [-0.1, -0.05) is 191 Å². The van der Waals surface area contributed by atoms with E-state index in [0.717, 1.165) is 103 Å². The molecule has 0 aliphatic rings. The molecule has 0 rings (SSSR count). The van der Waals surface area contributed by atoms with Crippen molar-refractivity contribution in [2.24, 2.45) is 0 Å². The van der Waals surface area contributed by atoms with Gasteiger partial charge in [0.1, 0.15) is 0 Å². The lowest BCUT2D eigenvalue weighted by molar-refractivity contribution is -0.143. The van der Waals surface area contributed by atoms with Crippen LogP contribution in [0.25, 0.3) is 0 Å². The molecule has 1 amide bonds. The minimum Gasteiger partial charge on any atom is -0.466 e. The van der Waals surface area contributed by atoms with Gasteiger partial charge in [-0.25, -0.2) is 0 Å². The highest BCUT2D eigenvalue weighted by atomic mass is 16.5. The lowest BCUT2D eigenvalue weighted by Gasteiger charge is -2.20. The van der Waals surface area contributed by atoms with Crippen molar-refractivity contribution in [3.8, 4) is 0 Å². The molecule has 2 unspecified atom stereocenters. The Labute approximate surface area is 359 Å². The number of esters is 1. The van der Waals surface area contributed by atoms with Crippen molar-refractivity contribution in [1.29, 1.82) is 0 Å². The number of aliphatic hydroxyl groups excluding tert-OH is 2. The zero-order valence-electron chi connectivity index (χ0n) is 38.3. The van der Waals surface area contributed by atoms with Crippen LogP contribution in [0.4, 0.5) is 0 Å². The Balaban J connectivity index is 3.58. The summed E-state index contributed by atoms with van der Waals surface area (Å²) in [6.45, 7) is 4.76. The normalized spacial score (nSPS) is 13.1. The van der Waals surface area contributed by atoms with Gasteiger partial charge < -0.3 is 20.3 Å². The van der Waals surface area contributed by atoms with Crippen LogP contribution in [-0.4, -0.2) is 47.4 Å². The summed E-state index contributed by atoms with van der Waals surface area (Å²) in [6.07, 6.45) is 58.2. The van der Waals surface area contributed by atoms with Crippen molar-refractivity contribution >= 4 is 11.9 Å². The second kappa shape index (κ2) is 47.5. The third-order valence-corrected chi connectivity index (χ3v) is 11.0. The summed E-state index contributed by atoms with van der Waals surface area (Å²) in [7, 11) is 0. The third-order valence-electron chi connectivity index (χ3n) is 11.0. The van der Waals surface area contributed by atoms with Gasteiger partial charge in [-0.15, -0.1) is 0 Å². The Bertz CT molecular complexity index is 988. The van der Waals surface area contributed by atoms with Gasteiger partial charge >= 0.3 is 5.97 Å². The van der Waals surface area contributed by atoms with E-state index in [-0.39, 0.29) is 18.5 Å². The molecule has 338 valence electrons. The summed E-state index contributed by atoms with van der Waals surface area (Å²) < 4.78 is 5.42. The summed E-state index contributed by atoms with van der Waals surface area (Å²) in [5.41, 5.74) is 0. The average Bonchev–Trinajstić information content (AvgIpc) is 3.22. The van der Waals surface area contributed by atoms with Crippen LogP contribution in [0.3, 0.4) is 0 Å². The molecule has 0 spiro atoms. The van der Waals surface area contributed by atoms with E-state index < -0.39 is 12.1 Å². The SMILES string of the molecule is CCC/C=C\C/C=C\CCCCCCCC(=O)OCCCCC/C=C\CCCCCCCC(=O)NC(CO)C(O)/C=C/CCCCCCCCCCCCCCCC. The highest BCUT2D eigenvalue weighted by molar-refractivity contribution is 5.76. The van der Waals surface area contributed by atoms with Crippen molar-refractivity contribution in [2.75, 3.05) is 13.2 Å². The number of ether oxygens (including phenoxy) is 1. The van der Waals surface area contributed by atoms with Crippen LogP contribution in [-0.2, 0) is 14.3 Å². The summed E-state index contributed by atoms with van der Waals surface area (Å²) in [6, 6.07) is -0.648. The molecule has 0 aromatic carbocycles. The minimum absolute atomic E-state index is 0.0407. The van der Waals surface area contributed by atoms with Crippen molar-refractivity contribution in [1.82, 2.24) is 5.32 Å². The first kappa shape index (κ1) is 55.8. The topological polar surface area (TPSA) is 95.9 Å². The molecule has 0 aliphatic carbocycles. The average molecular weight is 814 g/mol. The molecule has 58 heavy (non-hydrogen) atoms. The van der Waals surface area contributed by atoms with Gasteiger partial charge in [-0.05, 0) is 89.9 Å². The first-order chi connectivity index (χ1) is 28.5. The molecule has 0 aromatic heterocycles.